The maximum Gasteiger partial charge on any atom is 1.00 e. The fraction of sp³-hybridized carbons (Fsp3) is 0.500. The Labute approximate surface area is 128 Å². The first-order valence-corrected chi connectivity index (χ1v) is 3.17. The molecule has 0 rings (SSSR count). The molecule has 2 N–H and O–H groups in total. The summed E-state index contributed by atoms with van der Waals surface area (Å²) in [5.41, 5.74) is 0. The van der Waals surface area contributed by atoms with Gasteiger partial charge in [0.2, 0.25) is 0 Å². The van der Waals surface area contributed by atoms with E-state index in [2.05, 4.69) is 0 Å². The van der Waals surface area contributed by atoms with Crippen LogP contribution in [0.2, 0.25) is 0 Å². The molecule has 0 saturated carbocycles. The number of carbonyl (C=O) groups is 1. The van der Waals surface area contributed by atoms with Gasteiger partial charge in [0.1, 0.15) is 0 Å². The molecule has 0 amide bonds. The molecule has 0 unspecified atom stereocenters. The minimum absolute atomic E-state index is 0. The van der Waals surface area contributed by atoms with Gasteiger partial charge in [-0.1, -0.05) is 0 Å². The van der Waals surface area contributed by atoms with E-state index in [1.807, 2.05) is 0 Å². The van der Waals surface area contributed by atoms with E-state index >= 15 is 0 Å². The van der Waals surface area contributed by atoms with E-state index in [9.17, 15) is 0 Å². The Bertz CT molecular complexity index is 120. The summed E-state index contributed by atoms with van der Waals surface area (Å²) in [6.07, 6.45) is 0. The second-order valence-corrected chi connectivity index (χ2v) is 1.92. The van der Waals surface area contributed by atoms with Crippen LogP contribution in [-0.2, 0) is 9.36 Å². The molecule has 0 radical (unpaired) electrons. The van der Waals surface area contributed by atoms with Crippen molar-refractivity contribution in [3.63, 3.8) is 0 Å². The van der Waals surface area contributed by atoms with Crippen LogP contribution in [0.15, 0.2) is 0 Å². The Hall–Kier alpha value is 2.22. The first kappa shape index (κ1) is 23.2. The molecule has 0 aliphatic rings. The second kappa shape index (κ2) is 12.2. The monoisotopic (exact) mass is 218 g/mol. The number of hydrogen-bond donors (Lipinski definition) is 2. The van der Waals surface area contributed by atoms with Gasteiger partial charge in [-0.15, -0.1) is 0 Å². The van der Waals surface area contributed by atoms with E-state index in [0.29, 0.717) is 0 Å². The van der Waals surface area contributed by atoms with E-state index < -0.39 is 13.8 Å². The molecule has 0 spiro atoms. The maximum atomic E-state index is 9.00. The zero-order valence-corrected chi connectivity index (χ0v) is 12.5. The van der Waals surface area contributed by atoms with Gasteiger partial charge >= 0.3 is 80.9 Å². The molecule has 6 nitrogen and oxygen atoms in total. The molecule has 0 atom stereocenters. The fourth-order valence-corrected chi connectivity index (χ4v) is 0. The molecule has 0 fully saturated rings. The van der Waals surface area contributed by atoms with Crippen molar-refractivity contribution in [2.45, 2.75) is 6.92 Å². The van der Waals surface area contributed by atoms with Crippen molar-refractivity contribution >= 4 is 13.8 Å². The van der Waals surface area contributed by atoms with Crippen molar-refractivity contribution in [3.8, 4) is 0 Å². The van der Waals surface area contributed by atoms with Crippen LogP contribution in [0.4, 0.5) is 0 Å². The number of aliphatic carboxylic acids is 1. The number of phosphoric acid groups is 1. The molecule has 0 bridgehead atoms. The molecule has 9 heteroatoms. The van der Waals surface area contributed by atoms with E-state index in [4.69, 9.17) is 29.1 Å². The molecule has 0 heterocycles. The van der Waals surface area contributed by atoms with Gasteiger partial charge in [-0.25, -0.2) is 0 Å². The summed E-state index contributed by atoms with van der Waals surface area (Å²) in [6.45, 7) is 1.08. The molecule has 0 aromatic rings. The van der Waals surface area contributed by atoms with E-state index in [-0.39, 0.29) is 80.9 Å². The van der Waals surface area contributed by atoms with Crippen LogP contribution in [0.3, 0.4) is 0 Å². The number of carboxylic acids is 1. The largest absolute Gasteiger partial charge is 1.00 e. The first-order valence-electron chi connectivity index (χ1n) is 1.68. The summed E-state index contributed by atoms with van der Waals surface area (Å²) >= 11 is 0. The molecule has 0 saturated heterocycles. The van der Waals surface area contributed by atoms with Gasteiger partial charge < -0.3 is 24.4 Å². The molecular weight excluding hydrogens is 213 g/mol. The standard InChI is InChI=1S/C2H4O2.K.Na.H3O4P/c1-2(3)4;;;1-5(2,3)4/h1H3,(H,3,4);;;(H3,1,2,3,4)/q;2*+1;/p-2. The Morgan fingerprint density at radius 1 is 1.45 bits per heavy atom. The van der Waals surface area contributed by atoms with Gasteiger partial charge in [-0.3, -0.25) is 4.79 Å². The second-order valence-electron chi connectivity index (χ2n) is 0.988. The van der Waals surface area contributed by atoms with E-state index in [0.717, 1.165) is 6.92 Å². The molecule has 0 aromatic heterocycles. The Balaban J connectivity index is -0.0000000383. The van der Waals surface area contributed by atoms with E-state index in [1.54, 1.807) is 0 Å². The Morgan fingerprint density at radius 3 is 1.45 bits per heavy atom. The van der Waals surface area contributed by atoms with Crippen molar-refractivity contribution in [2.24, 2.45) is 0 Å². The predicted octanol–water partition coefficient (Wildman–Crippen LogP) is -8.09. The Kier molecular flexibility index (Phi) is 25.8. The zero-order valence-electron chi connectivity index (χ0n) is 6.47. The summed E-state index contributed by atoms with van der Waals surface area (Å²) in [4.78, 5) is 33.3. The van der Waals surface area contributed by atoms with Crippen LogP contribution < -0.4 is 90.7 Å². The molecule has 0 aliphatic heterocycles. The zero-order chi connectivity index (χ0) is 8.08. The fourth-order valence-electron chi connectivity index (χ4n) is 0. The molecule has 56 valence electrons. The van der Waals surface area contributed by atoms with Crippen molar-refractivity contribution in [2.75, 3.05) is 0 Å². The van der Waals surface area contributed by atoms with Crippen molar-refractivity contribution < 1.29 is 110 Å². The van der Waals surface area contributed by atoms with Crippen molar-refractivity contribution in [3.05, 3.63) is 0 Å². The normalized spacial score (nSPS) is 7.64. The van der Waals surface area contributed by atoms with E-state index in [1.165, 1.54) is 0 Å². The number of rotatable bonds is 0. The van der Waals surface area contributed by atoms with Crippen LogP contribution in [0.25, 0.3) is 0 Å². The SMILES string of the molecule is CC(=O)O.O=P([O-])([O-])O.[K+].[Na+]. The average Bonchev–Trinajstić information content (AvgIpc) is 1.19. The summed E-state index contributed by atoms with van der Waals surface area (Å²) in [5, 5.41) is 7.42. The van der Waals surface area contributed by atoms with Gasteiger partial charge in [0.05, 0.1) is 7.82 Å². The minimum Gasteiger partial charge on any atom is -0.790 e. The number of carboxylic acid groups (broad SMARTS) is 1. The van der Waals surface area contributed by atoms with Gasteiger partial charge in [-0.05, 0) is 0 Å². The maximum absolute atomic E-state index is 9.00. The molecule has 11 heavy (non-hydrogen) atoms. The third-order valence-electron chi connectivity index (χ3n) is 0. The van der Waals surface area contributed by atoms with Crippen LogP contribution >= 0.6 is 7.82 Å². The van der Waals surface area contributed by atoms with Crippen LogP contribution in [0, 0.1) is 0 Å². The summed E-state index contributed by atoms with van der Waals surface area (Å²) in [6, 6.07) is 0. The minimum atomic E-state index is -5.14. The topological polar surface area (TPSA) is 121 Å². The van der Waals surface area contributed by atoms with Gasteiger partial charge in [0.15, 0.2) is 0 Å². The third-order valence-corrected chi connectivity index (χ3v) is 0. The molecule has 0 aliphatic carbocycles. The molecule has 0 aromatic carbocycles. The van der Waals surface area contributed by atoms with Gasteiger partial charge in [0.25, 0.3) is 5.97 Å². The summed E-state index contributed by atoms with van der Waals surface area (Å²) in [7, 11) is -5.14. The van der Waals surface area contributed by atoms with Gasteiger partial charge in [-0.2, -0.15) is 0 Å². The predicted molar refractivity (Wildman–Crippen MR) is 23.1 cm³/mol. The summed E-state index contributed by atoms with van der Waals surface area (Å²) < 4.78 is 8.66. The third kappa shape index (κ3) is 260. The number of hydrogen-bond acceptors (Lipinski definition) is 4. The van der Waals surface area contributed by atoms with Crippen LogP contribution in [-0.4, -0.2) is 16.0 Å². The quantitative estimate of drug-likeness (QED) is 0.307. The van der Waals surface area contributed by atoms with Gasteiger partial charge in [0, 0.05) is 6.92 Å². The summed E-state index contributed by atoms with van der Waals surface area (Å²) in [5.74, 6) is -0.833. The average molecular weight is 218 g/mol. The first-order chi connectivity index (χ1) is 3.73. The Morgan fingerprint density at radius 2 is 1.45 bits per heavy atom. The van der Waals surface area contributed by atoms with Crippen LogP contribution in [0.5, 0.6) is 0 Å². The van der Waals surface area contributed by atoms with Crippen molar-refractivity contribution in [1.82, 2.24) is 0 Å². The molecular formula is C2H5KNaO6P. The van der Waals surface area contributed by atoms with Crippen LogP contribution in [0.1, 0.15) is 6.92 Å². The van der Waals surface area contributed by atoms with Crippen molar-refractivity contribution in [1.29, 1.82) is 0 Å². The smallest absolute Gasteiger partial charge is 0.790 e.